The molecule has 0 spiro atoms. The minimum absolute atomic E-state index is 0.0949. The summed E-state index contributed by atoms with van der Waals surface area (Å²) in [5.74, 6) is 1.34. The highest BCUT2D eigenvalue weighted by Crippen LogP contribution is 2.40. The van der Waals surface area contributed by atoms with E-state index in [1.807, 2.05) is 39.8 Å². The third-order valence-corrected chi connectivity index (χ3v) is 6.00. The average molecular weight is 527 g/mol. The van der Waals surface area contributed by atoms with Crippen molar-refractivity contribution in [2.24, 2.45) is 0 Å². The fourth-order valence-electron chi connectivity index (χ4n) is 3.79. The van der Waals surface area contributed by atoms with Crippen molar-refractivity contribution in [2.45, 2.75) is 58.4 Å². The first kappa shape index (κ1) is 22.9. The third kappa shape index (κ3) is 4.72. The Kier molecular flexibility index (Phi) is 6.37. The molecule has 1 aliphatic rings. The summed E-state index contributed by atoms with van der Waals surface area (Å²) in [6.45, 7) is 8.41. The lowest BCUT2D eigenvalue weighted by Gasteiger charge is -2.24. The van der Waals surface area contributed by atoms with Gasteiger partial charge in [-0.25, -0.2) is 9.31 Å². The van der Waals surface area contributed by atoms with Crippen LogP contribution in [0.4, 0.5) is 10.6 Å². The van der Waals surface area contributed by atoms with E-state index in [-0.39, 0.29) is 17.4 Å². The van der Waals surface area contributed by atoms with Gasteiger partial charge in [0.15, 0.2) is 5.82 Å². The van der Waals surface area contributed by atoms with Crippen molar-refractivity contribution in [1.29, 1.82) is 0 Å². The highest BCUT2D eigenvalue weighted by Gasteiger charge is 2.37. The summed E-state index contributed by atoms with van der Waals surface area (Å²) in [6, 6.07) is 3.45. The Morgan fingerprint density at radius 1 is 1.44 bits per heavy atom. The standard InChI is InChI=1S/C21H25BrClN5O4/c1-11-14(16-13(7-9-31-16)25-20(29)32-21(2,3)4)17(22)28-15(11)18(26-19(23)27-28)24-10-12-6-5-8-30-12/h5-6,8,13,16H,7,9-10H2,1-4H3,(H,25,29)(H,24,26,27)/t13-,16-/m0/s1. The highest BCUT2D eigenvalue weighted by atomic mass is 79.9. The van der Waals surface area contributed by atoms with Crippen LogP contribution < -0.4 is 10.6 Å². The van der Waals surface area contributed by atoms with E-state index in [0.717, 1.165) is 22.4 Å². The maximum absolute atomic E-state index is 12.4. The summed E-state index contributed by atoms with van der Waals surface area (Å²) in [4.78, 5) is 16.7. The fraction of sp³-hybridized carbons (Fsp3) is 0.476. The lowest BCUT2D eigenvalue weighted by Crippen LogP contribution is -2.40. The molecule has 0 bridgehead atoms. The molecule has 11 heteroatoms. The lowest BCUT2D eigenvalue weighted by molar-refractivity contribution is 0.0446. The van der Waals surface area contributed by atoms with Crippen LogP contribution in [0.2, 0.25) is 5.28 Å². The molecule has 0 aliphatic carbocycles. The highest BCUT2D eigenvalue weighted by molar-refractivity contribution is 9.10. The number of rotatable bonds is 5. The molecular formula is C21H25BrClN5O4. The largest absolute Gasteiger partial charge is 0.467 e. The Morgan fingerprint density at radius 2 is 2.22 bits per heavy atom. The van der Waals surface area contributed by atoms with Crippen LogP contribution in [-0.2, 0) is 16.0 Å². The van der Waals surface area contributed by atoms with Crippen LogP contribution in [0.1, 0.15) is 50.2 Å². The summed E-state index contributed by atoms with van der Waals surface area (Å²) >= 11 is 9.86. The number of nitrogens with one attached hydrogen (secondary N) is 2. The van der Waals surface area contributed by atoms with Gasteiger partial charge in [0.05, 0.1) is 18.8 Å². The number of hydrogen-bond donors (Lipinski definition) is 2. The number of nitrogens with zero attached hydrogens (tertiary/aromatic N) is 3. The number of fused-ring (bicyclic) bond motifs is 1. The number of hydrogen-bond acceptors (Lipinski definition) is 7. The van der Waals surface area contributed by atoms with Gasteiger partial charge in [-0.1, -0.05) is 0 Å². The van der Waals surface area contributed by atoms with Crippen molar-refractivity contribution in [3.05, 3.63) is 45.2 Å². The SMILES string of the molecule is Cc1c([C@H]2OCC[C@@H]2NC(=O)OC(C)(C)C)c(Br)n2nc(Cl)nc(NCc3ccco3)c12. The summed E-state index contributed by atoms with van der Waals surface area (Å²) in [7, 11) is 0. The summed E-state index contributed by atoms with van der Waals surface area (Å²) in [5.41, 5.74) is 1.97. The molecule has 32 heavy (non-hydrogen) atoms. The molecule has 0 saturated carbocycles. The van der Waals surface area contributed by atoms with Crippen molar-refractivity contribution in [3.63, 3.8) is 0 Å². The normalized spacial score (nSPS) is 18.8. The zero-order valence-corrected chi connectivity index (χ0v) is 20.6. The third-order valence-electron chi connectivity index (χ3n) is 5.08. The first-order chi connectivity index (χ1) is 15.1. The van der Waals surface area contributed by atoms with Gasteiger partial charge >= 0.3 is 6.09 Å². The number of alkyl carbamates (subject to hydrolysis) is 1. The Labute approximate surface area is 198 Å². The van der Waals surface area contributed by atoms with Crippen molar-refractivity contribution in [1.82, 2.24) is 19.9 Å². The van der Waals surface area contributed by atoms with E-state index in [1.54, 1.807) is 10.8 Å². The molecule has 1 aliphatic heterocycles. The number of carbonyl (C=O) groups is 1. The second-order valence-corrected chi connectivity index (χ2v) is 9.67. The van der Waals surface area contributed by atoms with Gasteiger partial charge in [-0.3, -0.25) is 0 Å². The molecule has 1 amide bonds. The van der Waals surface area contributed by atoms with E-state index in [0.29, 0.717) is 30.0 Å². The molecule has 0 unspecified atom stereocenters. The number of aromatic nitrogens is 3. The van der Waals surface area contributed by atoms with Crippen molar-refractivity contribution in [3.8, 4) is 0 Å². The van der Waals surface area contributed by atoms with Crippen LogP contribution in [0.25, 0.3) is 5.52 Å². The summed E-state index contributed by atoms with van der Waals surface area (Å²) in [5, 5.41) is 10.7. The van der Waals surface area contributed by atoms with Gasteiger partial charge < -0.3 is 24.5 Å². The number of amides is 1. The van der Waals surface area contributed by atoms with E-state index < -0.39 is 11.7 Å². The maximum Gasteiger partial charge on any atom is 0.407 e. The molecule has 1 fully saturated rings. The zero-order chi connectivity index (χ0) is 23.0. The Bertz CT molecular complexity index is 1130. The first-order valence-corrected chi connectivity index (χ1v) is 11.4. The van der Waals surface area contributed by atoms with E-state index in [4.69, 9.17) is 25.5 Å². The van der Waals surface area contributed by atoms with Gasteiger partial charge in [-0.05, 0) is 79.3 Å². The molecule has 1 saturated heterocycles. The molecule has 3 aromatic heterocycles. The molecular weight excluding hydrogens is 502 g/mol. The molecule has 3 aromatic rings. The number of ether oxygens (including phenoxy) is 2. The van der Waals surface area contributed by atoms with Crippen LogP contribution in [0, 0.1) is 6.92 Å². The summed E-state index contributed by atoms with van der Waals surface area (Å²) in [6.07, 6.45) is 1.43. The minimum atomic E-state index is -0.582. The Morgan fingerprint density at radius 3 is 2.91 bits per heavy atom. The monoisotopic (exact) mass is 525 g/mol. The minimum Gasteiger partial charge on any atom is -0.467 e. The molecule has 2 N–H and O–H groups in total. The van der Waals surface area contributed by atoms with Gasteiger partial charge in [0.2, 0.25) is 5.28 Å². The van der Waals surface area contributed by atoms with Gasteiger partial charge in [-0.2, -0.15) is 4.98 Å². The van der Waals surface area contributed by atoms with Crippen LogP contribution in [0.15, 0.2) is 27.4 Å². The zero-order valence-electron chi connectivity index (χ0n) is 18.2. The molecule has 9 nitrogen and oxygen atoms in total. The van der Waals surface area contributed by atoms with Gasteiger partial charge in [-0.15, -0.1) is 5.10 Å². The smallest absolute Gasteiger partial charge is 0.407 e. The van der Waals surface area contributed by atoms with Crippen LogP contribution >= 0.6 is 27.5 Å². The second kappa shape index (κ2) is 8.92. The van der Waals surface area contributed by atoms with Crippen molar-refractivity contribution in [2.75, 3.05) is 11.9 Å². The second-order valence-electron chi connectivity index (χ2n) is 8.59. The average Bonchev–Trinajstić information content (AvgIpc) is 3.40. The number of aryl methyl sites for hydroxylation is 1. The Balaban J connectivity index is 1.66. The van der Waals surface area contributed by atoms with Crippen molar-refractivity contribution >= 4 is 45.0 Å². The fourth-order valence-corrected chi connectivity index (χ4v) is 4.73. The Hall–Kier alpha value is -2.30. The predicted molar refractivity (Wildman–Crippen MR) is 123 cm³/mol. The van der Waals surface area contributed by atoms with Crippen molar-refractivity contribution < 1.29 is 18.7 Å². The van der Waals surface area contributed by atoms with Crippen LogP contribution in [0.3, 0.4) is 0 Å². The van der Waals surface area contributed by atoms with Gasteiger partial charge in [0.25, 0.3) is 0 Å². The van der Waals surface area contributed by atoms with Crippen LogP contribution in [-0.4, -0.2) is 38.9 Å². The van der Waals surface area contributed by atoms with Gasteiger partial charge in [0.1, 0.15) is 27.6 Å². The number of carbonyl (C=O) groups excluding carboxylic acids is 1. The predicted octanol–water partition coefficient (Wildman–Crippen LogP) is 5.01. The van der Waals surface area contributed by atoms with E-state index in [9.17, 15) is 4.79 Å². The molecule has 2 atom stereocenters. The molecule has 4 heterocycles. The molecule has 0 radical (unpaired) electrons. The topological polar surface area (TPSA) is 103 Å². The van der Waals surface area contributed by atoms with E-state index in [1.165, 1.54) is 0 Å². The van der Waals surface area contributed by atoms with E-state index in [2.05, 4.69) is 36.6 Å². The number of anilines is 1. The summed E-state index contributed by atoms with van der Waals surface area (Å²) < 4.78 is 19.2. The number of furan rings is 1. The molecule has 0 aromatic carbocycles. The molecule has 172 valence electrons. The van der Waals surface area contributed by atoms with Gasteiger partial charge in [0, 0.05) is 12.2 Å². The molecule has 4 rings (SSSR count). The van der Waals surface area contributed by atoms with Crippen LogP contribution in [0.5, 0.6) is 0 Å². The lowest BCUT2D eigenvalue weighted by atomic mass is 10.0. The first-order valence-electron chi connectivity index (χ1n) is 10.3. The maximum atomic E-state index is 12.4. The quantitative estimate of drug-likeness (QED) is 0.481. The number of halogens is 2. The van der Waals surface area contributed by atoms with E-state index >= 15 is 0 Å².